The zero-order valence-electron chi connectivity index (χ0n) is 10.5. The van der Waals surface area contributed by atoms with E-state index < -0.39 is 0 Å². The molecule has 0 aliphatic rings. The number of nitrogen functional groups attached to an aromatic ring is 1. The molecule has 2 aromatic rings. The van der Waals surface area contributed by atoms with Crippen LogP contribution < -0.4 is 16.0 Å². The summed E-state index contributed by atoms with van der Waals surface area (Å²) in [6.45, 7) is 4.32. The van der Waals surface area contributed by atoms with Crippen molar-refractivity contribution in [2.24, 2.45) is 5.84 Å². The van der Waals surface area contributed by atoms with Crippen molar-refractivity contribution >= 4 is 29.2 Å². The van der Waals surface area contributed by atoms with Crippen molar-refractivity contribution in [1.29, 1.82) is 0 Å². The fourth-order valence-electron chi connectivity index (χ4n) is 1.14. The van der Waals surface area contributed by atoms with Gasteiger partial charge in [-0.2, -0.15) is 19.3 Å². The maximum atomic E-state index is 5.31. The van der Waals surface area contributed by atoms with E-state index in [9.17, 15) is 0 Å². The van der Waals surface area contributed by atoms with Crippen LogP contribution in [0.2, 0.25) is 0 Å². The Morgan fingerprint density at radius 2 is 2.11 bits per heavy atom. The number of hydrazine groups is 1. The third-order valence-corrected chi connectivity index (χ3v) is 3.60. The van der Waals surface area contributed by atoms with Crippen LogP contribution in [0, 0.1) is 0 Å². The Hall–Kier alpha value is -1.52. The van der Waals surface area contributed by atoms with Gasteiger partial charge in [0.2, 0.25) is 11.1 Å². The van der Waals surface area contributed by atoms with Gasteiger partial charge in [0, 0.05) is 6.42 Å². The molecule has 8 nitrogen and oxygen atoms in total. The molecule has 0 atom stereocenters. The van der Waals surface area contributed by atoms with Gasteiger partial charge in [0.1, 0.15) is 5.82 Å². The van der Waals surface area contributed by atoms with Crippen molar-refractivity contribution in [3.63, 3.8) is 0 Å². The molecular weight excluding hydrogens is 286 g/mol. The second-order valence-corrected chi connectivity index (χ2v) is 5.20. The van der Waals surface area contributed by atoms with Gasteiger partial charge >= 0.3 is 6.01 Å². The molecule has 10 heteroatoms. The van der Waals surface area contributed by atoms with Gasteiger partial charge in [-0.3, -0.25) is 5.43 Å². The highest BCUT2D eigenvalue weighted by Gasteiger charge is 2.11. The van der Waals surface area contributed by atoms with Crippen LogP contribution in [0.15, 0.2) is 9.50 Å². The lowest BCUT2D eigenvalue weighted by Gasteiger charge is -2.04. The summed E-state index contributed by atoms with van der Waals surface area (Å²) in [5, 5.41) is 0.463. The molecule has 0 aliphatic heterocycles. The normalized spacial score (nSPS) is 10.5. The van der Waals surface area contributed by atoms with Gasteiger partial charge in [-0.15, -0.1) is 0 Å². The molecule has 19 heavy (non-hydrogen) atoms. The SMILES string of the molecule is CCOc1nc(NN)nc(Sc2nc(CC)ns2)n1. The second kappa shape index (κ2) is 6.59. The number of nitrogens with zero attached hydrogens (tertiary/aromatic N) is 5. The van der Waals surface area contributed by atoms with E-state index in [1.807, 2.05) is 13.8 Å². The Morgan fingerprint density at radius 3 is 2.74 bits per heavy atom. The molecule has 3 N–H and O–H groups in total. The first-order valence-electron chi connectivity index (χ1n) is 5.61. The quantitative estimate of drug-likeness (QED) is 0.598. The maximum absolute atomic E-state index is 5.31. The van der Waals surface area contributed by atoms with E-state index in [1.54, 1.807) is 0 Å². The highest BCUT2D eigenvalue weighted by atomic mass is 32.2. The summed E-state index contributed by atoms with van der Waals surface area (Å²) in [4.78, 5) is 16.6. The number of hydrogen-bond acceptors (Lipinski definition) is 10. The van der Waals surface area contributed by atoms with Crippen molar-refractivity contribution < 1.29 is 4.74 Å². The first kappa shape index (κ1) is 13.9. The summed E-state index contributed by atoms with van der Waals surface area (Å²) in [5.74, 6) is 6.37. The second-order valence-electron chi connectivity index (χ2n) is 3.23. The predicted octanol–water partition coefficient (Wildman–Crippen LogP) is 1.12. The van der Waals surface area contributed by atoms with Crippen LogP contribution >= 0.6 is 23.3 Å². The summed E-state index contributed by atoms with van der Waals surface area (Å²) < 4.78 is 10.2. The molecular formula is C9H13N7OS2. The Bertz CT molecular complexity index is 547. The van der Waals surface area contributed by atoms with Gasteiger partial charge in [-0.25, -0.2) is 10.8 Å². The summed E-state index contributed by atoms with van der Waals surface area (Å²) >= 11 is 2.61. The Labute approximate surface area is 118 Å². The average Bonchev–Trinajstić information content (AvgIpc) is 2.86. The highest BCUT2D eigenvalue weighted by molar-refractivity contribution is 8.00. The largest absolute Gasteiger partial charge is 0.464 e. The number of ether oxygens (including phenoxy) is 1. The van der Waals surface area contributed by atoms with Gasteiger partial charge < -0.3 is 4.74 Å². The minimum absolute atomic E-state index is 0.230. The van der Waals surface area contributed by atoms with Crippen LogP contribution in [0.1, 0.15) is 19.7 Å². The van der Waals surface area contributed by atoms with Gasteiger partial charge in [0.05, 0.1) is 6.61 Å². The minimum atomic E-state index is 0.230. The molecule has 2 rings (SSSR count). The van der Waals surface area contributed by atoms with E-state index in [1.165, 1.54) is 23.3 Å². The van der Waals surface area contributed by atoms with Crippen molar-refractivity contribution in [2.45, 2.75) is 29.8 Å². The molecule has 0 fully saturated rings. The summed E-state index contributed by atoms with van der Waals surface area (Å²) in [7, 11) is 0. The van der Waals surface area contributed by atoms with Gasteiger partial charge in [0.15, 0.2) is 4.34 Å². The third-order valence-electron chi connectivity index (χ3n) is 1.94. The zero-order chi connectivity index (χ0) is 13.7. The first-order chi connectivity index (χ1) is 9.25. The van der Waals surface area contributed by atoms with Crippen LogP contribution in [0.4, 0.5) is 5.95 Å². The fourth-order valence-corrected chi connectivity index (χ4v) is 2.69. The Morgan fingerprint density at radius 1 is 1.26 bits per heavy atom. The number of aromatic nitrogens is 5. The van der Waals surface area contributed by atoms with Crippen LogP contribution in [0.25, 0.3) is 0 Å². The molecule has 0 aromatic carbocycles. The van der Waals surface area contributed by atoms with Crippen LogP contribution in [-0.2, 0) is 6.42 Å². The van der Waals surface area contributed by atoms with Crippen LogP contribution in [0.3, 0.4) is 0 Å². The van der Waals surface area contributed by atoms with E-state index in [0.29, 0.717) is 11.8 Å². The number of nitrogens with one attached hydrogen (secondary N) is 1. The molecule has 0 bridgehead atoms. The molecule has 2 heterocycles. The zero-order valence-corrected chi connectivity index (χ0v) is 12.1. The first-order valence-corrected chi connectivity index (χ1v) is 7.20. The lowest BCUT2D eigenvalue weighted by atomic mass is 10.5. The van der Waals surface area contributed by atoms with Crippen LogP contribution in [0.5, 0.6) is 6.01 Å². The van der Waals surface area contributed by atoms with E-state index in [2.05, 4.69) is 29.7 Å². The maximum Gasteiger partial charge on any atom is 0.322 e. The minimum Gasteiger partial charge on any atom is -0.464 e. The topological polar surface area (TPSA) is 112 Å². The standard InChI is InChI=1S/C9H13N7OS2/c1-3-5-11-9(19-16-5)18-8-13-6(15-10)12-7(14-8)17-4-2/h3-4,10H2,1-2H3,(H,12,13,14,15). The molecule has 0 aliphatic carbocycles. The third kappa shape index (κ3) is 3.72. The van der Waals surface area contributed by atoms with Gasteiger partial charge in [0.25, 0.3) is 0 Å². The van der Waals surface area contributed by atoms with E-state index in [4.69, 9.17) is 10.6 Å². The number of anilines is 1. The number of hydrogen-bond donors (Lipinski definition) is 2. The molecule has 0 amide bonds. The molecule has 0 spiro atoms. The molecule has 2 aromatic heterocycles. The van der Waals surface area contributed by atoms with E-state index in [-0.39, 0.29) is 12.0 Å². The fraction of sp³-hybridized carbons (Fsp3) is 0.444. The van der Waals surface area contributed by atoms with Crippen molar-refractivity contribution in [1.82, 2.24) is 24.3 Å². The average molecular weight is 299 g/mol. The highest BCUT2D eigenvalue weighted by Crippen LogP contribution is 2.27. The van der Waals surface area contributed by atoms with Crippen molar-refractivity contribution in [2.75, 3.05) is 12.0 Å². The lowest BCUT2D eigenvalue weighted by Crippen LogP contribution is -2.12. The summed E-state index contributed by atoms with van der Waals surface area (Å²) in [6.07, 6.45) is 0.800. The predicted molar refractivity (Wildman–Crippen MR) is 72.2 cm³/mol. The lowest BCUT2D eigenvalue weighted by molar-refractivity contribution is 0.308. The summed E-state index contributed by atoms with van der Waals surface area (Å²) in [5.41, 5.74) is 2.38. The van der Waals surface area contributed by atoms with Gasteiger partial charge in [-0.1, -0.05) is 6.92 Å². The molecule has 0 unspecified atom stereocenters. The number of rotatable bonds is 6. The Kier molecular flexibility index (Phi) is 4.82. The van der Waals surface area contributed by atoms with Crippen LogP contribution in [-0.4, -0.2) is 30.9 Å². The van der Waals surface area contributed by atoms with E-state index in [0.717, 1.165) is 16.6 Å². The summed E-state index contributed by atoms with van der Waals surface area (Å²) in [6, 6.07) is 0.230. The Balaban J connectivity index is 2.20. The molecule has 0 radical (unpaired) electrons. The smallest absolute Gasteiger partial charge is 0.322 e. The number of aryl methyl sites for hydroxylation is 1. The molecule has 0 saturated heterocycles. The van der Waals surface area contributed by atoms with Gasteiger partial charge in [-0.05, 0) is 30.2 Å². The van der Waals surface area contributed by atoms with Crippen molar-refractivity contribution in [3.8, 4) is 6.01 Å². The van der Waals surface area contributed by atoms with Crippen molar-refractivity contribution in [3.05, 3.63) is 5.82 Å². The monoisotopic (exact) mass is 299 g/mol. The van der Waals surface area contributed by atoms with E-state index >= 15 is 0 Å². The molecule has 0 saturated carbocycles. The number of nitrogens with two attached hydrogens (primary N) is 1. The molecule has 102 valence electrons.